The van der Waals surface area contributed by atoms with Crippen molar-refractivity contribution in [3.05, 3.63) is 9.93 Å². The first kappa shape index (κ1) is 19.1. The number of carbonyl (C=O) groups excluding carboxylic acids is 3. The zero-order chi connectivity index (χ0) is 16.5. The Morgan fingerprint density at radius 3 is 2.14 bits per heavy atom. The first-order chi connectivity index (χ1) is 10.5. The van der Waals surface area contributed by atoms with Crippen LogP contribution in [0.15, 0.2) is 9.93 Å². The van der Waals surface area contributed by atoms with Gasteiger partial charge in [-0.1, -0.05) is 26.7 Å². The average molecular weight is 345 g/mol. The number of amides is 3. The lowest BCUT2D eigenvalue weighted by Crippen LogP contribution is -2.52. The lowest BCUT2D eigenvalue weighted by atomic mass is 10.3. The van der Waals surface area contributed by atoms with Gasteiger partial charge in [0.05, 0.1) is 4.24 Å². The van der Waals surface area contributed by atoms with Crippen molar-refractivity contribution in [1.82, 2.24) is 10.2 Å². The number of nitrogens with zero attached hydrogens (tertiary/aromatic N) is 1. The normalized spacial score (nSPS) is 15.0. The van der Waals surface area contributed by atoms with Crippen LogP contribution in [-0.4, -0.2) is 40.7 Å². The number of thioether (sulfide) groups is 2. The van der Waals surface area contributed by atoms with Gasteiger partial charge in [-0.2, -0.15) is 0 Å². The van der Waals surface area contributed by atoms with Crippen LogP contribution in [-0.2, 0) is 14.4 Å². The third-order valence-corrected chi connectivity index (χ3v) is 5.70. The summed E-state index contributed by atoms with van der Waals surface area (Å²) in [5, 5.41) is 2.66. The highest BCUT2D eigenvalue weighted by Gasteiger charge is 2.33. The summed E-state index contributed by atoms with van der Waals surface area (Å²) in [4.78, 5) is 36.8. The summed E-state index contributed by atoms with van der Waals surface area (Å²) in [5.74, 6) is 0.702. The molecule has 0 saturated carbocycles. The van der Waals surface area contributed by atoms with E-state index < -0.39 is 11.8 Å². The Morgan fingerprint density at radius 2 is 1.68 bits per heavy atom. The smallest absolute Gasteiger partial charge is 0.279 e. The summed E-state index contributed by atoms with van der Waals surface area (Å²) in [5.41, 5.74) is 0.272. The maximum atomic E-state index is 12.4. The maximum absolute atomic E-state index is 12.4. The maximum Gasteiger partial charge on any atom is 0.279 e. The van der Waals surface area contributed by atoms with Crippen LogP contribution in [0.2, 0.25) is 0 Å². The second-order valence-corrected chi connectivity index (χ2v) is 7.49. The summed E-state index contributed by atoms with van der Waals surface area (Å²) in [6.07, 6.45) is 4.26. The van der Waals surface area contributed by atoms with E-state index in [9.17, 15) is 14.4 Å². The molecule has 5 nitrogen and oxygen atoms in total. The number of rotatable bonds is 8. The summed E-state index contributed by atoms with van der Waals surface area (Å²) in [6.45, 7) is 5.34. The third-order valence-electron chi connectivity index (χ3n) is 3.07. The number of hydrogen-bond donors (Lipinski definition) is 1. The molecule has 1 rings (SSSR count). The van der Waals surface area contributed by atoms with Gasteiger partial charge in [0.15, 0.2) is 0 Å². The van der Waals surface area contributed by atoms with Gasteiger partial charge in [-0.05, 0) is 24.3 Å². The van der Waals surface area contributed by atoms with Gasteiger partial charge in [0, 0.05) is 6.92 Å². The Hall–Kier alpha value is -0.950. The predicted molar refractivity (Wildman–Crippen MR) is 92.3 cm³/mol. The molecule has 1 fully saturated rings. The van der Waals surface area contributed by atoms with Crippen molar-refractivity contribution in [1.29, 1.82) is 0 Å². The molecule has 0 bridgehead atoms. The second kappa shape index (κ2) is 9.94. The van der Waals surface area contributed by atoms with Crippen molar-refractivity contribution in [2.45, 2.75) is 46.5 Å². The van der Waals surface area contributed by atoms with Crippen molar-refractivity contribution < 1.29 is 14.4 Å². The molecule has 124 valence electrons. The van der Waals surface area contributed by atoms with Crippen LogP contribution in [0.3, 0.4) is 0 Å². The van der Waals surface area contributed by atoms with Crippen molar-refractivity contribution in [3.63, 3.8) is 0 Å². The second-order valence-electron chi connectivity index (χ2n) is 5.02. The van der Waals surface area contributed by atoms with E-state index >= 15 is 0 Å². The molecule has 0 spiro atoms. The van der Waals surface area contributed by atoms with E-state index in [1.54, 1.807) is 23.5 Å². The molecular formula is C15H24N2O3S2. The van der Waals surface area contributed by atoms with Crippen molar-refractivity contribution >= 4 is 41.2 Å². The number of carbonyl (C=O) groups is 3. The first-order valence-corrected chi connectivity index (χ1v) is 9.60. The van der Waals surface area contributed by atoms with Gasteiger partial charge in [-0.25, -0.2) is 0 Å². The van der Waals surface area contributed by atoms with Gasteiger partial charge in [0.2, 0.25) is 11.8 Å². The number of nitrogens with one attached hydrogen (secondary N) is 1. The molecule has 0 atom stereocenters. The topological polar surface area (TPSA) is 66.5 Å². The Labute approximate surface area is 140 Å². The summed E-state index contributed by atoms with van der Waals surface area (Å²) in [7, 11) is 0. The zero-order valence-corrected chi connectivity index (χ0v) is 15.1. The number of piperazine rings is 1. The van der Waals surface area contributed by atoms with Crippen LogP contribution in [0.4, 0.5) is 0 Å². The van der Waals surface area contributed by atoms with Crippen LogP contribution >= 0.6 is 23.5 Å². The van der Waals surface area contributed by atoms with Gasteiger partial charge >= 0.3 is 0 Å². The van der Waals surface area contributed by atoms with E-state index in [2.05, 4.69) is 19.2 Å². The zero-order valence-electron chi connectivity index (χ0n) is 13.4. The van der Waals surface area contributed by atoms with Crippen molar-refractivity contribution in [3.8, 4) is 0 Å². The lowest BCUT2D eigenvalue weighted by molar-refractivity contribution is -0.147. The number of unbranched alkanes of at least 4 members (excludes halogenated alkanes) is 2. The monoisotopic (exact) mass is 344 g/mol. The first-order valence-electron chi connectivity index (χ1n) is 7.63. The third kappa shape index (κ3) is 5.68. The van der Waals surface area contributed by atoms with Gasteiger partial charge in [0.1, 0.15) is 12.2 Å². The molecule has 22 heavy (non-hydrogen) atoms. The molecule has 0 aromatic carbocycles. The van der Waals surface area contributed by atoms with Crippen molar-refractivity contribution in [2.75, 3.05) is 18.1 Å². The SMILES string of the molecule is CCCCSC(SCCCC)=C1NC(=O)CN(C(C)=O)C1=O. The number of hydrogen-bond acceptors (Lipinski definition) is 5. The molecule has 1 aliphatic rings. The minimum absolute atomic E-state index is 0.190. The molecule has 3 amide bonds. The van der Waals surface area contributed by atoms with Crippen LogP contribution < -0.4 is 5.32 Å². The minimum atomic E-state index is -0.395. The van der Waals surface area contributed by atoms with Crippen LogP contribution in [0.5, 0.6) is 0 Å². The van der Waals surface area contributed by atoms with Crippen LogP contribution in [0.25, 0.3) is 0 Å². The Kier molecular flexibility index (Phi) is 8.63. The van der Waals surface area contributed by atoms with E-state index in [1.807, 2.05) is 0 Å². The summed E-state index contributed by atoms with van der Waals surface area (Å²) >= 11 is 3.18. The predicted octanol–water partition coefficient (Wildman–Crippen LogP) is 2.73. The molecule has 1 aliphatic heterocycles. The largest absolute Gasteiger partial charge is 0.319 e. The van der Waals surface area contributed by atoms with Gasteiger partial charge < -0.3 is 5.32 Å². The van der Waals surface area contributed by atoms with E-state index in [-0.39, 0.29) is 18.1 Å². The molecule has 0 aromatic rings. The fraction of sp³-hybridized carbons (Fsp3) is 0.667. The average Bonchev–Trinajstić information content (AvgIpc) is 2.48. The number of imide groups is 1. The summed E-state index contributed by atoms with van der Waals surface area (Å²) < 4.78 is 0.825. The molecule has 0 unspecified atom stereocenters. The lowest BCUT2D eigenvalue weighted by Gasteiger charge is -2.27. The molecule has 0 radical (unpaired) electrons. The van der Waals surface area contributed by atoms with Crippen LogP contribution in [0, 0.1) is 0 Å². The molecule has 1 heterocycles. The van der Waals surface area contributed by atoms with Gasteiger partial charge in [-0.3, -0.25) is 19.3 Å². The standard InChI is InChI=1S/C15H24N2O3S2/c1-4-6-8-21-15(22-9-7-5-2)13-14(20)17(11(3)18)10-12(19)16-13/h4-10H2,1-3H3,(H,16,19). The summed E-state index contributed by atoms with van der Waals surface area (Å²) in [6, 6.07) is 0. The molecule has 0 aliphatic carbocycles. The highest BCUT2D eigenvalue weighted by atomic mass is 32.2. The Bertz CT molecular complexity index is 452. The van der Waals surface area contributed by atoms with E-state index in [0.29, 0.717) is 0 Å². The molecular weight excluding hydrogens is 320 g/mol. The molecule has 7 heteroatoms. The van der Waals surface area contributed by atoms with Crippen molar-refractivity contribution in [2.24, 2.45) is 0 Å². The van der Waals surface area contributed by atoms with Gasteiger partial charge in [-0.15, -0.1) is 23.5 Å². The minimum Gasteiger partial charge on any atom is -0.319 e. The fourth-order valence-electron chi connectivity index (χ4n) is 1.78. The van der Waals surface area contributed by atoms with Crippen LogP contribution in [0.1, 0.15) is 46.5 Å². The molecule has 1 N–H and O–H groups in total. The highest BCUT2D eigenvalue weighted by Crippen LogP contribution is 2.33. The fourth-order valence-corrected chi connectivity index (χ4v) is 4.42. The van der Waals surface area contributed by atoms with E-state index in [4.69, 9.17) is 0 Å². The Morgan fingerprint density at radius 1 is 1.14 bits per heavy atom. The molecule has 1 saturated heterocycles. The highest BCUT2D eigenvalue weighted by molar-refractivity contribution is 8.22. The van der Waals surface area contributed by atoms with E-state index in [1.165, 1.54) is 6.92 Å². The van der Waals surface area contributed by atoms with E-state index in [0.717, 1.165) is 46.3 Å². The quantitative estimate of drug-likeness (QED) is 0.542. The van der Waals surface area contributed by atoms with Gasteiger partial charge in [0.25, 0.3) is 5.91 Å². The molecule has 0 aromatic heterocycles. The Balaban J connectivity index is 2.96.